The van der Waals surface area contributed by atoms with Crippen molar-refractivity contribution in [1.82, 2.24) is 0 Å². The van der Waals surface area contributed by atoms with E-state index in [1.54, 1.807) is 0 Å². The second-order valence-corrected chi connectivity index (χ2v) is 6.18. The number of hydrogen-bond donors (Lipinski definition) is 1. The lowest BCUT2D eigenvalue weighted by atomic mass is 9.82. The number of ether oxygens (including phenoxy) is 1. The third-order valence-electron chi connectivity index (χ3n) is 4.38. The Morgan fingerprint density at radius 1 is 1.30 bits per heavy atom. The fourth-order valence-corrected chi connectivity index (χ4v) is 3.73. The molecule has 1 fully saturated rings. The van der Waals surface area contributed by atoms with Gasteiger partial charge in [-0.3, -0.25) is 0 Å². The Hall–Kier alpha value is -1.06. The maximum absolute atomic E-state index is 6.22. The molecule has 2 N–H and O–H groups in total. The van der Waals surface area contributed by atoms with Gasteiger partial charge in [-0.2, -0.15) is 0 Å². The highest BCUT2D eigenvalue weighted by atomic mass is 16.5. The molecule has 3 heteroatoms. The summed E-state index contributed by atoms with van der Waals surface area (Å²) >= 11 is 0. The molecule has 1 heterocycles. The molecule has 0 radical (unpaired) electrons. The first-order valence-corrected chi connectivity index (χ1v) is 7.70. The van der Waals surface area contributed by atoms with Crippen molar-refractivity contribution in [3.63, 3.8) is 0 Å². The Bertz CT molecular complexity index is 436. The molecule has 2 rings (SSSR count). The lowest BCUT2D eigenvalue weighted by Gasteiger charge is -2.50. The second kappa shape index (κ2) is 6.15. The van der Waals surface area contributed by atoms with Crippen LogP contribution in [0, 0.1) is 6.92 Å². The van der Waals surface area contributed by atoms with Crippen LogP contribution < -0.4 is 10.6 Å². The Morgan fingerprint density at radius 2 is 1.95 bits per heavy atom. The van der Waals surface area contributed by atoms with Gasteiger partial charge in [-0.05, 0) is 58.2 Å². The van der Waals surface area contributed by atoms with E-state index in [1.165, 1.54) is 11.3 Å². The van der Waals surface area contributed by atoms with Crippen molar-refractivity contribution in [2.75, 3.05) is 18.0 Å². The minimum Gasteiger partial charge on any atom is -0.375 e. The topological polar surface area (TPSA) is 38.5 Å². The average molecular weight is 276 g/mol. The number of nitrogens with two attached hydrogens (primary N) is 1. The van der Waals surface area contributed by atoms with Crippen molar-refractivity contribution < 1.29 is 4.74 Å². The first kappa shape index (κ1) is 15.3. The van der Waals surface area contributed by atoms with Gasteiger partial charge in [0.15, 0.2) is 0 Å². The number of benzene rings is 1. The second-order valence-electron chi connectivity index (χ2n) is 6.18. The first-order chi connectivity index (χ1) is 9.50. The van der Waals surface area contributed by atoms with Crippen molar-refractivity contribution >= 4 is 5.69 Å². The molecule has 1 aliphatic heterocycles. The Labute approximate surface area is 123 Å². The zero-order valence-corrected chi connectivity index (χ0v) is 13.2. The summed E-state index contributed by atoms with van der Waals surface area (Å²) in [6.45, 7) is 10.3. The molecule has 0 amide bonds. The van der Waals surface area contributed by atoms with Crippen LogP contribution in [0.4, 0.5) is 5.69 Å². The largest absolute Gasteiger partial charge is 0.375 e. The van der Waals surface area contributed by atoms with Crippen molar-refractivity contribution in [2.45, 2.75) is 58.3 Å². The highest BCUT2D eigenvalue weighted by Crippen LogP contribution is 2.36. The quantitative estimate of drug-likeness (QED) is 0.918. The van der Waals surface area contributed by atoms with E-state index in [9.17, 15) is 0 Å². The van der Waals surface area contributed by atoms with E-state index < -0.39 is 0 Å². The zero-order chi connectivity index (χ0) is 14.8. The van der Waals surface area contributed by atoms with Crippen LogP contribution in [0.5, 0.6) is 0 Å². The van der Waals surface area contributed by atoms with Crippen LogP contribution in [-0.4, -0.2) is 30.8 Å². The predicted molar refractivity (Wildman–Crippen MR) is 85.2 cm³/mol. The van der Waals surface area contributed by atoms with Gasteiger partial charge in [0.2, 0.25) is 0 Å². The summed E-state index contributed by atoms with van der Waals surface area (Å²) in [5, 5.41) is 0. The molecule has 0 aliphatic carbocycles. The zero-order valence-electron chi connectivity index (χ0n) is 13.2. The maximum Gasteiger partial charge on any atom is 0.0573 e. The van der Waals surface area contributed by atoms with Gasteiger partial charge in [0.1, 0.15) is 0 Å². The van der Waals surface area contributed by atoms with Gasteiger partial charge in [-0.25, -0.2) is 0 Å². The molecule has 3 nitrogen and oxygen atoms in total. The third-order valence-corrected chi connectivity index (χ3v) is 4.38. The van der Waals surface area contributed by atoms with Gasteiger partial charge in [0.05, 0.1) is 17.7 Å². The summed E-state index contributed by atoms with van der Waals surface area (Å²) < 4.78 is 5.92. The molecule has 20 heavy (non-hydrogen) atoms. The Morgan fingerprint density at radius 3 is 2.45 bits per heavy atom. The standard InChI is InChI=1S/C17H28N2O/c1-5-19(16-8-6-7-13(2)9-16)17(12-18)10-14(3)20-15(4)11-17/h6-9,14-15H,5,10-12,18H2,1-4H3. The number of likely N-dealkylation sites (N-methyl/N-ethyl adjacent to an activating group) is 1. The van der Waals surface area contributed by atoms with Gasteiger partial charge >= 0.3 is 0 Å². The molecule has 2 unspecified atom stereocenters. The smallest absolute Gasteiger partial charge is 0.0573 e. The highest BCUT2D eigenvalue weighted by Gasteiger charge is 2.41. The fourth-order valence-electron chi connectivity index (χ4n) is 3.73. The van der Waals surface area contributed by atoms with Gasteiger partial charge in [-0.15, -0.1) is 0 Å². The summed E-state index contributed by atoms with van der Waals surface area (Å²) in [6, 6.07) is 8.72. The predicted octanol–water partition coefficient (Wildman–Crippen LogP) is 3.11. The van der Waals surface area contributed by atoms with E-state index in [-0.39, 0.29) is 17.7 Å². The number of nitrogens with zero attached hydrogens (tertiary/aromatic N) is 1. The molecular formula is C17H28N2O. The van der Waals surface area contributed by atoms with Crippen molar-refractivity contribution in [2.24, 2.45) is 5.73 Å². The lowest BCUT2D eigenvalue weighted by molar-refractivity contribution is -0.0598. The van der Waals surface area contributed by atoms with Crippen LogP contribution in [0.3, 0.4) is 0 Å². The van der Waals surface area contributed by atoms with E-state index in [1.807, 2.05) is 0 Å². The summed E-state index contributed by atoms with van der Waals surface area (Å²) in [6.07, 6.45) is 2.52. The fraction of sp³-hybridized carbons (Fsp3) is 0.647. The number of rotatable bonds is 4. The first-order valence-electron chi connectivity index (χ1n) is 7.70. The van der Waals surface area contributed by atoms with Crippen LogP contribution in [0.25, 0.3) is 0 Å². The minimum absolute atomic E-state index is 0.0135. The summed E-state index contributed by atoms with van der Waals surface area (Å²) in [5.41, 5.74) is 8.80. The Kier molecular flexibility index (Phi) is 4.71. The van der Waals surface area contributed by atoms with Crippen molar-refractivity contribution in [3.8, 4) is 0 Å². The molecule has 1 aromatic carbocycles. The average Bonchev–Trinajstić information content (AvgIpc) is 2.38. The normalized spacial score (nSPS) is 30.2. The lowest BCUT2D eigenvalue weighted by Crippen LogP contribution is -2.60. The molecule has 2 atom stereocenters. The maximum atomic E-state index is 6.22. The molecule has 1 saturated heterocycles. The van der Waals surface area contributed by atoms with Gasteiger partial charge in [0.25, 0.3) is 0 Å². The van der Waals surface area contributed by atoms with Gasteiger partial charge < -0.3 is 15.4 Å². The van der Waals surface area contributed by atoms with Crippen molar-refractivity contribution in [1.29, 1.82) is 0 Å². The minimum atomic E-state index is 0.0135. The molecule has 0 spiro atoms. The number of anilines is 1. The third kappa shape index (κ3) is 2.99. The molecule has 0 aromatic heterocycles. The van der Waals surface area contributed by atoms with Gasteiger partial charge in [0, 0.05) is 18.8 Å². The SMILES string of the molecule is CCN(c1cccc(C)c1)C1(CN)CC(C)OC(C)C1. The summed E-state index contributed by atoms with van der Waals surface area (Å²) in [4.78, 5) is 2.48. The van der Waals surface area contributed by atoms with E-state index in [0.29, 0.717) is 6.54 Å². The van der Waals surface area contributed by atoms with Crippen LogP contribution in [0.1, 0.15) is 39.2 Å². The van der Waals surface area contributed by atoms with Crippen LogP contribution in [0.2, 0.25) is 0 Å². The molecule has 1 aromatic rings. The van der Waals surface area contributed by atoms with Crippen LogP contribution in [-0.2, 0) is 4.74 Å². The van der Waals surface area contributed by atoms with E-state index in [4.69, 9.17) is 10.5 Å². The molecular weight excluding hydrogens is 248 g/mol. The Balaban J connectivity index is 2.36. The van der Waals surface area contributed by atoms with E-state index >= 15 is 0 Å². The van der Waals surface area contributed by atoms with Crippen LogP contribution in [0.15, 0.2) is 24.3 Å². The highest BCUT2D eigenvalue weighted by molar-refractivity contribution is 5.51. The van der Waals surface area contributed by atoms with Crippen molar-refractivity contribution in [3.05, 3.63) is 29.8 Å². The van der Waals surface area contributed by atoms with E-state index in [2.05, 4.69) is 56.9 Å². The summed E-state index contributed by atoms with van der Waals surface area (Å²) in [7, 11) is 0. The van der Waals surface area contributed by atoms with Gasteiger partial charge in [-0.1, -0.05) is 12.1 Å². The molecule has 112 valence electrons. The monoisotopic (exact) mass is 276 g/mol. The van der Waals surface area contributed by atoms with E-state index in [0.717, 1.165) is 19.4 Å². The summed E-state index contributed by atoms with van der Waals surface area (Å²) in [5.74, 6) is 0. The molecule has 0 saturated carbocycles. The molecule has 1 aliphatic rings. The number of aryl methyl sites for hydroxylation is 1. The number of hydrogen-bond acceptors (Lipinski definition) is 3. The van der Waals surface area contributed by atoms with Crippen LogP contribution >= 0.6 is 0 Å². The molecule has 0 bridgehead atoms.